The van der Waals surface area contributed by atoms with Gasteiger partial charge in [-0.25, -0.2) is 9.18 Å². The second-order valence-electron chi connectivity index (χ2n) is 5.33. The number of alkyl carbamates (subject to hydrolysis) is 1. The van der Waals surface area contributed by atoms with Gasteiger partial charge in [-0.2, -0.15) is 0 Å². The summed E-state index contributed by atoms with van der Waals surface area (Å²) in [5, 5.41) is 2.55. The zero-order chi connectivity index (χ0) is 14.5. The number of rotatable bonds is 4. The first kappa shape index (κ1) is 16.2. The monoisotopic (exact) mass is 379 g/mol. The van der Waals surface area contributed by atoms with Crippen molar-refractivity contribution >= 4 is 28.7 Å². The third-order valence-electron chi connectivity index (χ3n) is 2.30. The Labute approximate surface area is 127 Å². The zero-order valence-corrected chi connectivity index (χ0v) is 13.5. The summed E-state index contributed by atoms with van der Waals surface area (Å²) in [6.45, 7) is 4.70. The first-order valence-electron chi connectivity index (χ1n) is 6.10. The number of hydrogen-bond acceptors (Lipinski definition) is 2. The Morgan fingerprint density at radius 3 is 2.42 bits per heavy atom. The van der Waals surface area contributed by atoms with E-state index in [1.165, 1.54) is 0 Å². The summed E-state index contributed by atoms with van der Waals surface area (Å²) in [6, 6.07) is 7.22. The predicted molar refractivity (Wildman–Crippen MR) is 82.0 cm³/mol. The molecule has 0 aromatic heterocycles. The molecule has 0 unspecified atom stereocenters. The highest BCUT2D eigenvalue weighted by atomic mass is 127. The van der Waals surface area contributed by atoms with Gasteiger partial charge < -0.3 is 10.1 Å². The van der Waals surface area contributed by atoms with Crippen molar-refractivity contribution in [2.45, 2.75) is 38.8 Å². The average Bonchev–Trinajstić information content (AvgIpc) is 2.28. The van der Waals surface area contributed by atoms with E-state index < -0.39 is 24.4 Å². The fourth-order valence-electron chi connectivity index (χ4n) is 1.52. The van der Waals surface area contributed by atoms with Gasteiger partial charge in [0.1, 0.15) is 12.3 Å². The summed E-state index contributed by atoms with van der Waals surface area (Å²) in [7, 11) is 0. The van der Waals surface area contributed by atoms with Crippen molar-refractivity contribution in [2.75, 3.05) is 6.67 Å². The predicted octanol–water partition coefficient (Wildman–Crippen LogP) is 3.70. The normalized spacial score (nSPS) is 12.9. The minimum Gasteiger partial charge on any atom is -0.444 e. The van der Waals surface area contributed by atoms with E-state index in [2.05, 4.69) is 27.9 Å². The van der Waals surface area contributed by atoms with Crippen LogP contribution in [-0.4, -0.2) is 24.4 Å². The fraction of sp³-hybridized carbons (Fsp3) is 0.500. The smallest absolute Gasteiger partial charge is 0.407 e. The average molecular weight is 379 g/mol. The van der Waals surface area contributed by atoms with E-state index >= 15 is 0 Å². The van der Waals surface area contributed by atoms with E-state index in [4.69, 9.17) is 4.74 Å². The maximum atomic E-state index is 12.9. The lowest BCUT2D eigenvalue weighted by Crippen LogP contribution is -2.41. The number of ether oxygens (including phenoxy) is 1. The van der Waals surface area contributed by atoms with Crippen LogP contribution in [0.4, 0.5) is 9.18 Å². The Morgan fingerprint density at radius 2 is 1.95 bits per heavy atom. The Bertz CT molecular complexity index is 414. The van der Waals surface area contributed by atoms with Gasteiger partial charge in [0.25, 0.3) is 0 Å². The molecule has 0 saturated carbocycles. The minimum atomic E-state index is -0.620. The first-order chi connectivity index (χ1) is 8.80. The van der Waals surface area contributed by atoms with Gasteiger partial charge in [0.15, 0.2) is 0 Å². The molecule has 1 N–H and O–H groups in total. The summed E-state index contributed by atoms with van der Waals surface area (Å²) in [5.74, 6) is 0. The Balaban J connectivity index is 2.54. The molecule has 1 rings (SSSR count). The number of halogens is 2. The molecule has 0 fully saturated rings. The number of amides is 1. The van der Waals surface area contributed by atoms with Gasteiger partial charge in [0.2, 0.25) is 0 Å². The second kappa shape index (κ2) is 7.07. The van der Waals surface area contributed by atoms with Crippen molar-refractivity contribution < 1.29 is 13.9 Å². The van der Waals surface area contributed by atoms with E-state index in [1.807, 2.05) is 24.3 Å². The van der Waals surface area contributed by atoms with Crippen molar-refractivity contribution in [1.29, 1.82) is 0 Å². The van der Waals surface area contributed by atoms with E-state index in [-0.39, 0.29) is 0 Å². The number of carbonyl (C=O) groups excluding carboxylic acids is 1. The van der Waals surface area contributed by atoms with E-state index in [9.17, 15) is 9.18 Å². The van der Waals surface area contributed by atoms with Crippen molar-refractivity contribution in [3.63, 3.8) is 0 Å². The molecule has 0 aliphatic carbocycles. The van der Waals surface area contributed by atoms with Gasteiger partial charge in [-0.05, 0) is 67.5 Å². The maximum Gasteiger partial charge on any atom is 0.407 e. The number of alkyl halides is 1. The number of hydrogen-bond donors (Lipinski definition) is 1. The summed E-state index contributed by atoms with van der Waals surface area (Å²) >= 11 is 2.21. The van der Waals surface area contributed by atoms with Crippen LogP contribution in [0.2, 0.25) is 0 Å². The molecule has 1 aromatic rings. The Kier molecular flexibility index (Phi) is 6.03. The quantitative estimate of drug-likeness (QED) is 0.811. The molecule has 5 heteroatoms. The van der Waals surface area contributed by atoms with Crippen LogP contribution in [0, 0.1) is 3.57 Å². The third-order valence-corrected chi connectivity index (χ3v) is 3.02. The zero-order valence-electron chi connectivity index (χ0n) is 11.4. The van der Waals surface area contributed by atoms with Crippen LogP contribution in [0.1, 0.15) is 26.3 Å². The van der Waals surface area contributed by atoms with Gasteiger partial charge in [-0.3, -0.25) is 0 Å². The maximum absolute atomic E-state index is 12.9. The van der Waals surface area contributed by atoms with Gasteiger partial charge in [-0.15, -0.1) is 0 Å². The van der Waals surface area contributed by atoms with Crippen LogP contribution in [0.15, 0.2) is 24.3 Å². The molecule has 19 heavy (non-hydrogen) atoms. The molecule has 0 aliphatic rings. The van der Waals surface area contributed by atoms with Gasteiger partial charge in [-0.1, -0.05) is 12.1 Å². The molecule has 0 spiro atoms. The third kappa shape index (κ3) is 6.75. The van der Waals surface area contributed by atoms with Crippen molar-refractivity contribution in [1.82, 2.24) is 5.32 Å². The molecule has 3 nitrogen and oxygen atoms in total. The molecule has 0 saturated heterocycles. The molecule has 0 aliphatic heterocycles. The van der Waals surface area contributed by atoms with Crippen LogP contribution in [-0.2, 0) is 11.2 Å². The highest BCUT2D eigenvalue weighted by Crippen LogP contribution is 2.10. The van der Waals surface area contributed by atoms with Crippen LogP contribution >= 0.6 is 22.6 Å². The van der Waals surface area contributed by atoms with Crippen molar-refractivity contribution in [3.8, 4) is 0 Å². The first-order valence-corrected chi connectivity index (χ1v) is 7.18. The van der Waals surface area contributed by atoms with Crippen LogP contribution < -0.4 is 5.32 Å². The Morgan fingerprint density at radius 1 is 1.37 bits per heavy atom. The molecule has 0 bridgehead atoms. The lowest BCUT2D eigenvalue weighted by atomic mass is 10.1. The summed E-state index contributed by atoms with van der Waals surface area (Å²) < 4.78 is 19.2. The van der Waals surface area contributed by atoms with E-state index in [0.29, 0.717) is 6.42 Å². The lowest BCUT2D eigenvalue weighted by Gasteiger charge is -2.22. The molecule has 0 heterocycles. The van der Waals surface area contributed by atoms with Crippen molar-refractivity contribution in [2.24, 2.45) is 0 Å². The Hall–Kier alpha value is -0.850. The molecule has 1 aromatic carbocycles. The van der Waals surface area contributed by atoms with Gasteiger partial charge >= 0.3 is 6.09 Å². The topological polar surface area (TPSA) is 38.3 Å². The van der Waals surface area contributed by atoms with E-state index in [1.54, 1.807) is 20.8 Å². The van der Waals surface area contributed by atoms with Crippen LogP contribution in [0.3, 0.4) is 0 Å². The largest absolute Gasteiger partial charge is 0.444 e. The van der Waals surface area contributed by atoms with Crippen LogP contribution in [0.5, 0.6) is 0 Å². The highest BCUT2D eigenvalue weighted by Gasteiger charge is 2.19. The van der Waals surface area contributed by atoms with Crippen molar-refractivity contribution in [3.05, 3.63) is 33.4 Å². The SMILES string of the molecule is CC(C)(C)OC(=O)N[C@H](CF)Cc1ccc(I)cc1. The number of benzene rings is 1. The van der Waals surface area contributed by atoms with Gasteiger partial charge in [0, 0.05) is 3.57 Å². The standard InChI is InChI=1S/C14H19FINO2/c1-14(2,3)19-13(18)17-12(9-15)8-10-4-6-11(16)7-5-10/h4-7,12H,8-9H2,1-3H3,(H,17,18)/t12-/m0/s1. The summed E-state index contributed by atoms with van der Waals surface area (Å²) in [4.78, 5) is 11.6. The molecular weight excluding hydrogens is 360 g/mol. The second-order valence-corrected chi connectivity index (χ2v) is 6.57. The van der Waals surface area contributed by atoms with Gasteiger partial charge in [0.05, 0.1) is 6.04 Å². The number of nitrogens with one attached hydrogen (secondary N) is 1. The summed E-state index contributed by atoms with van der Waals surface area (Å²) in [5.41, 5.74) is 0.410. The molecule has 1 amide bonds. The summed E-state index contributed by atoms with van der Waals surface area (Å²) in [6.07, 6.45) is -0.132. The molecule has 1 atom stereocenters. The minimum absolute atomic E-state index is 0.451. The fourth-order valence-corrected chi connectivity index (χ4v) is 1.88. The molecular formula is C14H19FINO2. The highest BCUT2D eigenvalue weighted by molar-refractivity contribution is 14.1. The number of carbonyl (C=O) groups is 1. The van der Waals surface area contributed by atoms with Crippen LogP contribution in [0.25, 0.3) is 0 Å². The molecule has 0 radical (unpaired) electrons. The van der Waals surface area contributed by atoms with E-state index in [0.717, 1.165) is 9.13 Å². The molecule has 106 valence electrons. The lowest BCUT2D eigenvalue weighted by molar-refractivity contribution is 0.0496.